The average Bonchev–Trinajstić information content (AvgIpc) is 2.57. The predicted molar refractivity (Wildman–Crippen MR) is 97.6 cm³/mol. The van der Waals surface area contributed by atoms with Gasteiger partial charge in [-0.05, 0) is 17.2 Å². The summed E-state index contributed by atoms with van der Waals surface area (Å²) in [4.78, 5) is 0. The largest absolute Gasteiger partial charge is 1.00 e. The molecule has 0 aliphatic heterocycles. The number of rotatable bonds is 9. The zero-order valence-electron chi connectivity index (χ0n) is 15.3. The Kier molecular flexibility index (Phi) is 14.5. The molecule has 0 radical (unpaired) electrons. The number of benzene rings is 2. The van der Waals surface area contributed by atoms with E-state index < -0.39 is 10.4 Å². The molecule has 0 amide bonds. The van der Waals surface area contributed by atoms with Crippen molar-refractivity contribution < 1.29 is 46.7 Å². The molecule has 0 bridgehead atoms. The third-order valence-electron chi connectivity index (χ3n) is 3.63. The fraction of sp³-hybridized carbons (Fsp3) is 0.474. The van der Waals surface area contributed by atoms with Crippen LogP contribution < -0.4 is 29.6 Å². The van der Waals surface area contributed by atoms with Crippen LogP contribution in [-0.2, 0) is 14.6 Å². The Bertz CT molecular complexity index is 608. The Labute approximate surface area is 174 Å². The molecular weight excluding hydrogens is 347 g/mol. The van der Waals surface area contributed by atoms with Gasteiger partial charge in [0.15, 0.2) is 0 Å². The predicted octanol–water partition coefficient (Wildman–Crippen LogP) is 2.06. The number of unbranched alkanes of at least 4 members (excludes halogenated alkanes) is 6. The van der Waals surface area contributed by atoms with Gasteiger partial charge in [-0.15, -0.1) is 0 Å². The van der Waals surface area contributed by atoms with Crippen LogP contribution in [0.15, 0.2) is 48.5 Å². The van der Waals surface area contributed by atoms with Crippen molar-refractivity contribution in [2.24, 2.45) is 0 Å². The molecule has 2 rings (SSSR count). The van der Waals surface area contributed by atoms with Crippen LogP contribution in [0.5, 0.6) is 0 Å². The molecule has 0 saturated heterocycles. The van der Waals surface area contributed by atoms with Crippen LogP contribution in [0.1, 0.15) is 51.9 Å². The first-order valence-electron chi connectivity index (χ1n) is 8.57. The molecular formula is C19H27NaO4S. The summed E-state index contributed by atoms with van der Waals surface area (Å²) in [5, 5.41) is 2.62. The fourth-order valence-corrected chi connectivity index (χ4v) is 2.68. The fourth-order valence-electron chi connectivity index (χ4n) is 2.35. The molecule has 0 aliphatic rings. The molecule has 2 aromatic carbocycles. The standard InChI is InChI=1S/C10H8.C9H20O4S.Na/c1-2-6-10-8-4-3-7-9(10)5-1;1-2-3-4-5-6-7-8-9-13-14(10,11)12;/h1-8H;2-9H2,1H3,(H,10,11,12);/q;;+1/p-1. The van der Waals surface area contributed by atoms with Gasteiger partial charge in [0.05, 0.1) is 6.61 Å². The maximum Gasteiger partial charge on any atom is 1.00 e. The first kappa shape index (κ1) is 24.6. The molecule has 0 heterocycles. The quantitative estimate of drug-likeness (QED) is 0.292. The minimum absolute atomic E-state index is 0. The minimum atomic E-state index is -4.48. The summed E-state index contributed by atoms with van der Waals surface area (Å²) in [7, 11) is -4.48. The van der Waals surface area contributed by atoms with Gasteiger partial charge in [0.25, 0.3) is 0 Å². The zero-order chi connectivity index (χ0) is 17.7. The van der Waals surface area contributed by atoms with Crippen molar-refractivity contribution in [2.45, 2.75) is 51.9 Å². The molecule has 0 spiro atoms. The van der Waals surface area contributed by atoms with Crippen molar-refractivity contribution in [3.05, 3.63) is 48.5 Å². The first-order chi connectivity index (χ1) is 11.5. The van der Waals surface area contributed by atoms with E-state index in [0.717, 1.165) is 12.8 Å². The Morgan fingerprint density at radius 2 is 1.20 bits per heavy atom. The summed E-state index contributed by atoms with van der Waals surface area (Å²) in [5.74, 6) is 0. The second kappa shape index (κ2) is 14.7. The van der Waals surface area contributed by atoms with Gasteiger partial charge in [0.1, 0.15) is 0 Å². The summed E-state index contributed by atoms with van der Waals surface area (Å²) in [6.07, 6.45) is 7.55. The van der Waals surface area contributed by atoms with E-state index >= 15 is 0 Å². The van der Waals surface area contributed by atoms with Crippen molar-refractivity contribution in [3.63, 3.8) is 0 Å². The summed E-state index contributed by atoms with van der Waals surface area (Å²) in [6, 6.07) is 16.7. The van der Waals surface area contributed by atoms with E-state index in [1.165, 1.54) is 36.5 Å². The van der Waals surface area contributed by atoms with Crippen LogP contribution in [0.25, 0.3) is 10.8 Å². The molecule has 4 nitrogen and oxygen atoms in total. The van der Waals surface area contributed by atoms with Crippen molar-refractivity contribution >= 4 is 21.2 Å². The Hall–Kier alpha value is -0.430. The van der Waals surface area contributed by atoms with E-state index in [1.54, 1.807) is 0 Å². The number of hydrogen-bond donors (Lipinski definition) is 0. The Balaban J connectivity index is 0.000000460. The normalized spacial score (nSPS) is 10.6. The summed E-state index contributed by atoms with van der Waals surface area (Å²) in [5.41, 5.74) is 0. The van der Waals surface area contributed by atoms with Gasteiger partial charge in [-0.3, -0.25) is 4.18 Å². The summed E-state index contributed by atoms with van der Waals surface area (Å²) in [6.45, 7) is 2.19. The molecule has 0 N–H and O–H groups in total. The number of fused-ring (bicyclic) bond motifs is 1. The van der Waals surface area contributed by atoms with Gasteiger partial charge in [0, 0.05) is 0 Å². The smallest absolute Gasteiger partial charge is 0.726 e. The number of hydrogen-bond acceptors (Lipinski definition) is 4. The van der Waals surface area contributed by atoms with Crippen molar-refractivity contribution in [2.75, 3.05) is 6.61 Å². The molecule has 0 unspecified atom stereocenters. The third kappa shape index (κ3) is 13.4. The molecule has 0 aliphatic carbocycles. The molecule has 0 fully saturated rings. The summed E-state index contributed by atoms with van der Waals surface area (Å²) < 4.78 is 34.2. The van der Waals surface area contributed by atoms with Gasteiger partial charge in [-0.25, -0.2) is 8.42 Å². The maximum absolute atomic E-state index is 10.0. The molecule has 0 saturated carbocycles. The molecule has 0 aromatic heterocycles. The van der Waals surface area contributed by atoms with Crippen LogP contribution in [0.2, 0.25) is 0 Å². The van der Waals surface area contributed by atoms with Crippen LogP contribution in [-0.4, -0.2) is 19.6 Å². The second-order valence-corrected chi connectivity index (χ2v) is 6.75. The Morgan fingerprint density at radius 3 is 1.60 bits per heavy atom. The summed E-state index contributed by atoms with van der Waals surface area (Å²) >= 11 is 0. The first-order valence-corrected chi connectivity index (χ1v) is 9.90. The molecule has 25 heavy (non-hydrogen) atoms. The van der Waals surface area contributed by atoms with E-state index in [0.29, 0.717) is 6.42 Å². The van der Waals surface area contributed by atoms with Gasteiger partial charge < -0.3 is 4.55 Å². The van der Waals surface area contributed by atoms with Crippen molar-refractivity contribution in [1.29, 1.82) is 0 Å². The van der Waals surface area contributed by atoms with E-state index in [4.69, 9.17) is 0 Å². The van der Waals surface area contributed by atoms with Crippen LogP contribution in [0.4, 0.5) is 0 Å². The van der Waals surface area contributed by atoms with E-state index in [2.05, 4.69) is 59.6 Å². The van der Waals surface area contributed by atoms with Gasteiger partial charge >= 0.3 is 29.6 Å². The van der Waals surface area contributed by atoms with Gasteiger partial charge in [-0.2, -0.15) is 0 Å². The third-order valence-corrected chi connectivity index (χ3v) is 4.09. The van der Waals surface area contributed by atoms with Crippen molar-refractivity contribution in [3.8, 4) is 0 Å². The molecule has 134 valence electrons. The molecule has 0 atom stereocenters. The SMILES string of the molecule is CCCCCCCCCOS(=O)(=O)[O-].[Na+].c1ccc2ccccc2c1. The minimum Gasteiger partial charge on any atom is -0.726 e. The van der Waals surface area contributed by atoms with Gasteiger partial charge in [0.2, 0.25) is 10.4 Å². The maximum atomic E-state index is 10.0. The van der Waals surface area contributed by atoms with E-state index in [9.17, 15) is 13.0 Å². The van der Waals surface area contributed by atoms with E-state index in [1.807, 2.05) is 0 Å². The van der Waals surface area contributed by atoms with Gasteiger partial charge in [-0.1, -0.05) is 94.0 Å². The molecule has 6 heteroatoms. The zero-order valence-corrected chi connectivity index (χ0v) is 18.1. The molecule has 2 aromatic rings. The van der Waals surface area contributed by atoms with Crippen LogP contribution in [0, 0.1) is 0 Å². The topological polar surface area (TPSA) is 66.4 Å². The van der Waals surface area contributed by atoms with Crippen LogP contribution >= 0.6 is 0 Å². The van der Waals surface area contributed by atoms with Crippen LogP contribution in [0.3, 0.4) is 0 Å². The van der Waals surface area contributed by atoms with E-state index in [-0.39, 0.29) is 36.2 Å². The Morgan fingerprint density at radius 1 is 0.800 bits per heavy atom. The monoisotopic (exact) mass is 374 g/mol. The average molecular weight is 374 g/mol. The second-order valence-electron chi connectivity index (χ2n) is 5.70. The van der Waals surface area contributed by atoms with Crippen molar-refractivity contribution in [1.82, 2.24) is 0 Å².